The molecule has 5 nitrogen and oxygen atoms in total. The van der Waals surface area contributed by atoms with Crippen molar-refractivity contribution in [3.63, 3.8) is 0 Å². The lowest BCUT2D eigenvalue weighted by atomic mass is 10.1. The van der Waals surface area contributed by atoms with Gasteiger partial charge in [-0.05, 0) is 12.8 Å². The Labute approximate surface area is 76.0 Å². The van der Waals surface area contributed by atoms with Crippen molar-refractivity contribution in [3.8, 4) is 0 Å². The van der Waals surface area contributed by atoms with Gasteiger partial charge in [0.15, 0.2) is 6.10 Å². The van der Waals surface area contributed by atoms with Gasteiger partial charge in [0.25, 0.3) is 0 Å². The van der Waals surface area contributed by atoms with Gasteiger partial charge < -0.3 is 15.1 Å². The third-order valence-electron chi connectivity index (χ3n) is 2.10. The topological polar surface area (TPSA) is 77.8 Å². The van der Waals surface area contributed by atoms with Crippen molar-refractivity contribution in [2.45, 2.75) is 25.4 Å². The van der Waals surface area contributed by atoms with E-state index in [0.29, 0.717) is 13.0 Å². The van der Waals surface area contributed by atoms with E-state index in [2.05, 4.69) is 0 Å². The van der Waals surface area contributed by atoms with Crippen LogP contribution in [-0.2, 0) is 9.59 Å². The fourth-order valence-corrected chi connectivity index (χ4v) is 1.34. The van der Waals surface area contributed by atoms with Gasteiger partial charge in [0.1, 0.15) is 0 Å². The van der Waals surface area contributed by atoms with Crippen molar-refractivity contribution in [1.29, 1.82) is 0 Å². The molecular weight excluding hydrogens is 174 g/mol. The molecule has 1 aliphatic rings. The van der Waals surface area contributed by atoms with Gasteiger partial charge in [-0.25, -0.2) is 4.79 Å². The molecule has 5 heteroatoms. The fourth-order valence-electron chi connectivity index (χ4n) is 1.34. The first-order valence-corrected chi connectivity index (χ1v) is 4.30. The molecule has 74 valence electrons. The Morgan fingerprint density at radius 2 is 2.23 bits per heavy atom. The van der Waals surface area contributed by atoms with Crippen LogP contribution >= 0.6 is 0 Å². The van der Waals surface area contributed by atoms with Gasteiger partial charge >= 0.3 is 5.97 Å². The number of likely N-dealkylation sites (tertiary alicyclic amines) is 1. The number of hydrogen-bond acceptors (Lipinski definition) is 3. The summed E-state index contributed by atoms with van der Waals surface area (Å²) in [6.45, 7) is 0.470. The Kier molecular flexibility index (Phi) is 3.25. The SMILES string of the molecule is O=C(O)C(O)CN1CCCCC1=O. The second kappa shape index (κ2) is 4.23. The molecule has 1 heterocycles. The van der Waals surface area contributed by atoms with Crippen LogP contribution in [0.2, 0.25) is 0 Å². The minimum atomic E-state index is -1.46. The minimum Gasteiger partial charge on any atom is -0.479 e. The van der Waals surface area contributed by atoms with Crippen molar-refractivity contribution in [1.82, 2.24) is 4.90 Å². The summed E-state index contributed by atoms with van der Waals surface area (Å²) in [7, 11) is 0. The zero-order valence-corrected chi connectivity index (χ0v) is 7.27. The molecule has 0 saturated carbocycles. The number of nitrogens with zero attached hydrogens (tertiary/aromatic N) is 1. The highest BCUT2D eigenvalue weighted by atomic mass is 16.4. The van der Waals surface area contributed by atoms with Crippen LogP contribution < -0.4 is 0 Å². The van der Waals surface area contributed by atoms with Crippen molar-refractivity contribution in [3.05, 3.63) is 0 Å². The molecule has 0 radical (unpaired) electrons. The van der Waals surface area contributed by atoms with Crippen molar-refractivity contribution >= 4 is 11.9 Å². The van der Waals surface area contributed by atoms with E-state index in [-0.39, 0.29) is 12.5 Å². The number of β-amino-alcohol motifs (C(OH)–C–C–N with tert-alkyl or cyclic N) is 1. The Morgan fingerprint density at radius 1 is 1.54 bits per heavy atom. The molecule has 0 aromatic heterocycles. The Morgan fingerprint density at radius 3 is 2.77 bits per heavy atom. The highest BCUT2D eigenvalue weighted by Gasteiger charge is 2.23. The Balaban J connectivity index is 2.42. The second-order valence-electron chi connectivity index (χ2n) is 3.15. The summed E-state index contributed by atoms with van der Waals surface area (Å²) in [5, 5.41) is 17.4. The number of aliphatic hydroxyl groups excluding tert-OH is 1. The molecule has 1 atom stereocenters. The van der Waals surface area contributed by atoms with E-state index in [1.165, 1.54) is 4.90 Å². The van der Waals surface area contributed by atoms with E-state index in [1.54, 1.807) is 0 Å². The molecule has 1 aliphatic heterocycles. The van der Waals surface area contributed by atoms with E-state index >= 15 is 0 Å². The molecule has 0 spiro atoms. The Hall–Kier alpha value is -1.10. The molecule has 1 rings (SSSR count). The maximum Gasteiger partial charge on any atom is 0.334 e. The number of carbonyl (C=O) groups excluding carboxylic acids is 1. The number of aliphatic carboxylic acids is 1. The average molecular weight is 187 g/mol. The molecule has 0 bridgehead atoms. The van der Waals surface area contributed by atoms with E-state index in [0.717, 1.165) is 12.8 Å². The zero-order chi connectivity index (χ0) is 9.84. The quantitative estimate of drug-likeness (QED) is 0.621. The first-order valence-electron chi connectivity index (χ1n) is 4.30. The lowest BCUT2D eigenvalue weighted by molar-refractivity contribution is -0.149. The molecule has 2 N–H and O–H groups in total. The lowest BCUT2D eigenvalue weighted by Crippen LogP contribution is -2.42. The summed E-state index contributed by atoms with van der Waals surface area (Å²) >= 11 is 0. The van der Waals surface area contributed by atoms with Crippen molar-refractivity contribution in [2.75, 3.05) is 13.1 Å². The van der Waals surface area contributed by atoms with Crippen molar-refractivity contribution in [2.24, 2.45) is 0 Å². The fraction of sp³-hybridized carbons (Fsp3) is 0.750. The predicted octanol–water partition coefficient (Wildman–Crippen LogP) is -0.556. The van der Waals surface area contributed by atoms with Crippen LogP contribution in [0.5, 0.6) is 0 Å². The highest BCUT2D eigenvalue weighted by Crippen LogP contribution is 2.10. The predicted molar refractivity (Wildman–Crippen MR) is 44.1 cm³/mol. The summed E-state index contributed by atoms with van der Waals surface area (Å²) in [6.07, 6.45) is 0.755. The number of aliphatic hydroxyl groups is 1. The summed E-state index contributed by atoms with van der Waals surface area (Å²) in [5.74, 6) is -1.34. The normalized spacial score (nSPS) is 20.1. The van der Waals surface area contributed by atoms with E-state index < -0.39 is 12.1 Å². The number of carbonyl (C=O) groups is 2. The van der Waals surface area contributed by atoms with Crippen LogP contribution in [0.1, 0.15) is 19.3 Å². The largest absolute Gasteiger partial charge is 0.479 e. The minimum absolute atomic E-state index is 0.0634. The van der Waals surface area contributed by atoms with Crippen LogP contribution in [0.15, 0.2) is 0 Å². The summed E-state index contributed by atoms with van der Waals surface area (Å²) in [4.78, 5) is 22.9. The molecule has 1 unspecified atom stereocenters. The standard InChI is InChI=1S/C8H13NO4/c10-6(8(12)13)5-9-4-2-1-3-7(9)11/h6,10H,1-5H2,(H,12,13). The van der Waals surface area contributed by atoms with E-state index in [4.69, 9.17) is 10.2 Å². The first-order chi connectivity index (χ1) is 6.11. The molecule has 1 fully saturated rings. The molecule has 1 amide bonds. The molecule has 0 aromatic rings. The smallest absolute Gasteiger partial charge is 0.334 e. The van der Waals surface area contributed by atoms with Crippen molar-refractivity contribution < 1.29 is 19.8 Å². The maximum atomic E-state index is 11.2. The molecule has 0 aliphatic carbocycles. The van der Waals surface area contributed by atoms with Gasteiger partial charge in [0.05, 0.1) is 6.54 Å². The lowest BCUT2D eigenvalue weighted by Gasteiger charge is -2.27. The zero-order valence-electron chi connectivity index (χ0n) is 7.27. The highest BCUT2D eigenvalue weighted by molar-refractivity contribution is 5.78. The maximum absolute atomic E-state index is 11.2. The average Bonchev–Trinajstić information content (AvgIpc) is 2.08. The van der Waals surface area contributed by atoms with E-state index in [9.17, 15) is 9.59 Å². The third-order valence-corrected chi connectivity index (χ3v) is 2.10. The van der Waals surface area contributed by atoms with Gasteiger partial charge in [-0.3, -0.25) is 4.79 Å². The van der Waals surface area contributed by atoms with Crippen LogP contribution in [-0.4, -0.2) is 46.2 Å². The molecule has 1 saturated heterocycles. The number of hydrogen-bond donors (Lipinski definition) is 2. The second-order valence-corrected chi connectivity index (χ2v) is 3.15. The van der Waals surface area contributed by atoms with Gasteiger partial charge in [-0.15, -0.1) is 0 Å². The number of piperidine rings is 1. The summed E-state index contributed by atoms with van der Waals surface area (Å²) in [6, 6.07) is 0. The first kappa shape index (κ1) is 9.98. The monoisotopic (exact) mass is 187 g/mol. The van der Waals surface area contributed by atoms with Crippen LogP contribution in [0, 0.1) is 0 Å². The number of carboxylic acid groups (broad SMARTS) is 1. The summed E-state index contributed by atoms with van der Waals surface area (Å²) in [5.41, 5.74) is 0. The van der Waals surface area contributed by atoms with Gasteiger partial charge in [0, 0.05) is 13.0 Å². The number of carboxylic acids is 1. The molecular formula is C8H13NO4. The van der Waals surface area contributed by atoms with Gasteiger partial charge in [-0.1, -0.05) is 0 Å². The van der Waals surface area contributed by atoms with Crippen LogP contribution in [0.3, 0.4) is 0 Å². The number of rotatable bonds is 3. The van der Waals surface area contributed by atoms with E-state index in [1.807, 2.05) is 0 Å². The van der Waals surface area contributed by atoms with Gasteiger partial charge in [-0.2, -0.15) is 0 Å². The van der Waals surface area contributed by atoms with Crippen LogP contribution in [0.25, 0.3) is 0 Å². The molecule has 0 aromatic carbocycles. The van der Waals surface area contributed by atoms with Crippen LogP contribution in [0.4, 0.5) is 0 Å². The Bertz CT molecular complexity index is 216. The molecule has 13 heavy (non-hydrogen) atoms. The van der Waals surface area contributed by atoms with Gasteiger partial charge in [0.2, 0.25) is 5.91 Å². The third kappa shape index (κ3) is 2.69. The summed E-state index contributed by atoms with van der Waals surface area (Å²) < 4.78 is 0. The number of amides is 1.